The van der Waals surface area contributed by atoms with Gasteiger partial charge in [0, 0.05) is 28.5 Å². The number of nitrogens with one attached hydrogen (secondary N) is 1. The van der Waals surface area contributed by atoms with Crippen molar-refractivity contribution >= 4 is 17.7 Å². The molecular weight excluding hydrogens is 290 g/mol. The van der Waals surface area contributed by atoms with Gasteiger partial charge in [0.25, 0.3) is 5.56 Å². The van der Waals surface area contributed by atoms with E-state index in [9.17, 15) is 14.7 Å². The minimum Gasteiger partial charge on any atom is -0.478 e. The second-order valence-corrected chi connectivity index (χ2v) is 5.55. The van der Waals surface area contributed by atoms with E-state index in [4.69, 9.17) is 0 Å². The molecule has 110 valence electrons. The number of carbonyl (C=O) groups is 1. The topological polar surface area (TPSA) is 95.9 Å². The van der Waals surface area contributed by atoms with Crippen molar-refractivity contribution in [3.8, 4) is 0 Å². The number of aryl methyl sites for hydroxylation is 2. The number of aromatic carboxylic acids is 1. The normalized spacial score (nSPS) is 10.6. The van der Waals surface area contributed by atoms with Crippen LogP contribution in [0.2, 0.25) is 0 Å². The Bertz CT molecular complexity index is 728. The molecule has 0 unspecified atom stereocenters. The van der Waals surface area contributed by atoms with E-state index in [0.717, 1.165) is 18.2 Å². The second kappa shape index (κ2) is 6.53. The summed E-state index contributed by atoms with van der Waals surface area (Å²) in [5.41, 5.74) is 1.26. The third-order valence-corrected chi connectivity index (χ3v) is 3.66. The smallest absolute Gasteiger partial charge is 0.338 e. The highest BCUT2D eigenvalue weighted by molar-refractivity contribution is 7.99. The fourth-order valence-corrected chi connectivity index (χ4v) is 2.80. The van der Waals surface area contributed by atoms with Crippen molar-refractivity contribution in [2.45, 2.75) is 36.7 Å². The number of rotatable bonds is 5. The molecule has 0 fully saturated rings. The molecule has 0 aliphatic rings. The first-order chi connectivity index (χ1) is 9.99. The van der Waals surface area contributed by atoms with Gasteiger partial charge in [-0.15, -0.1) is 0 Å². The highest BCUT2D eigenvalue weighted by Gasteiger charge is 2.13. The Kier molecular flexibility index (Phi) is 4.74. The van der Waals surface area contributed by atoms with Crippen molar-refractivity contribution < 1.29 is 9.90 Å². The number of aromatic nitrogens is 3. The molecule has 2 N–H and O–H groups in total. The standard InChI is InChI=1S/C14H15N3O3S/c1-3-4-9-6-12(18)17-14(16-9)21-11-5-8(2)15-7-10(11)13(19)20/h5-7H,3-4H2,1-2H3,(H,19,20)(H,16,17,18). The van der Waals surface area contributed by atoms with Crippen LogP contribution in [-0.4, -0.2) is 26.0 Å². The summed E-state index contributed by atoms with van der Waals surface area (Å²) >= 11 is 1.12. The van der Waals surface area contributed by atoms with Crippen molar-refractivity contribution in [1.82, 2.24) is 15.0 Å². The lowest BCUT2D eigenvalue weighted by molar-refractivity contribution is 0.0692. The number of H-pyrrole nitrogens is 1. The van der Waals surface area contributed by atoms with E-state index in [0.29, 0.717) is 27.9 Å². The average molecular weight is 305 g/mol. The predicted molar refractivity (Wildman–Crippen MR) is 78.9 cm³/mol. The number of hydrogen-bond donors (Lipinski definition) is 2. The molecular formula is C14H15N3O3S. The summed E-state index contributed by atoms with van der Waals surface area (Å²) in [6.07, 6.45) is 2.90. The number of aromatic amines is 1. The first-order valence-corrected chi connectivity index (χ1v) is 7.29. The highest BCUT2D eigenvalue weighted by Crippen LogP contribution is 2.28. The Balaban J connectivity index is 2.40. The molecule has 0 amide bonds. The molecule has 0 aromatic carbocycles. The molecule has 2 rings (SSSR count). The van der Waals surface area contributed by atoms with Gasteiger partial charge in [-0.3, -0.25) is 9.78 Å². The number of nitrogens with zero attached hydrogens (tertiary/aromatic N) is 2. The Labute approximate surface area is 125 Å². The van der Waals surface area contributed by atoms with E-state index < -0.39 is 5.97 Å². The maximum atomic E-state index is 11.6. The van der Waals surface area contributed by atoms with Crippen molar-refractivity contribution in [3.63, 3.8) is 0 Å². The van der Waals surface area contributed by atoms with Crippen LogP contribution in [0.3, 0.4) is 0 Å². The van der Waals surface area contributed by atoms with Gasteiger partial charge in [-0.1, -0.05) is 25.1 Å². The van der Waals surface area contributed by atoms with Crippen molar-refractivity contribution in [2.75, 3.05) is 0 Å². The van der Waals surface area contributed by atoms with Gasteiger partial charge >= 0.3 is 5.97 Å². The van der Waals surface area contributed by atoms with E-state index in [1.54, 1.807) is 13.0 Å². The molecule has 2 aromatic rings. The van der Waals surface area contributed by atoms with Crippen LogP contribution >= 0.6 is 11.8 Å². The summed E-state index contributed by atoms with van der Waals surface area (Å²) in [5, 5.41) is 9.57. The molecule has 6 nitrogen and oxygen atoms in total. The molecule has 2 heterocycles. The van der Waals surface area contributed by atoms with Crippen LogP contribution in [-0.2, 0) is 6.42 Å². The summed E-state index contributed by atoms with van der Waals surface area (Å²) in [6.45, 7) is 3.78. The van der Waals surface area contributed by atoms with E-state index >= 15 is 0 Å². The first kappa shape index (κ1) is 15.2. The van der Waals surface area contributed by atoms with Gasteiger partial charge in [-0.05, 0) is 19.4 Å². The molecule has 0 radical (unpaired) electrons. The van der Waals surface area contributed by atoms with Gasteiger partial charge in [0.1, 0.15) is 0 Å². The molecule has 0 saturated carbocycles. The zero-order chi connectivity index (χ0) is 15.4. The number of carboxylic acid groups (broad SMARTS) is 1. The van der Waals surface area contributed by atoms with Crippen molar-refractivity contribution in [1.29, 1.82) is 0 Å². The largest absolute Gasteiger partial charge is 0.478 e. The van der Waals surface area contributed by atoms with Gasteiger partial charge in [0.15, 0.2) is 5.16 Å². The maximum absolute atomic E-state index is 11.6. The van der Waals surface area contributed by atoms with Gasteiger partial charge in [-0.25, -0.2) is 9.78 Å². The molecule has 2 aromatic heterocycles. The summed E-state index contributed by atoms with van der Waals surface area (Å²) in [5.74, 6) is -1.06. The lowest BCUT2D eigenvalue weighted by atomic mass is 10.2. The lowest BCUT2D eigenvalue weighted by Gasteiger charge is -2.07. The van der Waals surface area contributed by atoms with Gasteiger partial charge in [0.2, 0.25) is 0 Å². The fourth-order valence-electron chi connectivity index (χ4n) is 1.80. The fraction of sp³-hybridized carbons (Fsp3) is 0.286. The predicted octanol–water partition coefficient (Wildman–Crippen LogP) is 2.28. The lowest BCUT2D eigenvalue weighted by Crippen LogP contribution is -2.10. The Morgan fingerprint density at radius 2 is 2.19 bits per heavy atom. The molecule has 0 saturated heterocycles. The number of carboxylic acids is 1. The molecule has 0 spiro atoms. The third kappa shape index (κ3) is 3.91. The zero-order valence-electron chi connectivity index (χ0n) is 11.7. The summed E-state index contributed by atoms with van der Waals surface area (Å²) in [7, 11) is 0. The van der Waals surface area contributed by atoms with Crippen molar-refractivity contribution in [2.24, 2.45) is 0 Å². The molecule has 21 heavy (non-hydrogen) atoms. The Morgan fingerprint density at radius 3 is 2.86 bits per heavy atom. The van der Waals surface area contributed by atoms with Gasteiger partial charge < -0.3 is 10.1 Å². The van der Waals surface area contributed by atoms with E-state index in [2.05, 4.69) is 15.0 Å². The van der Waals surface area contributed by atoms with Crippen LogP contribution in [0.5, 0.6) is 0 Å². The average Bonchev–Trinajstić information content (AvgIpc) is 2.38. The Morgan fingerprint density at radius 1 is 1.43 bits per heavy atom. The van der Waals surface area contributed by atoms with Gasteiger partial charge in [-0.2, -0.15) is 0 Å². The highest BCUT2D eigenvalue weighted by atomic mass is 32.2. The SMILES string of the molecule is CCCc1cc(=O)[nH]c(Sc2cc(C)ncc2C(=O)O)n1. The molecule has 0 aliphatic carbocycles. The third-order valence-electron chi connectivity index (χ3n) is 2.72. The zero-order valence-corrected chi connectivity index (χ0v) is 12.5. The molecule has 0 aliphatic heterocycles. The summed E-state index contributed by atoms with van der Waals surface area (Å²) in [4.78, 5) is 34.3. The van der Waals surface area contributed by atoms with Gasteiger partial charge in [0.05, 0.1) is 5.56 Å². The molecule has 7 heteroatoms. The van der Waals surface area contributed by atoms with Crippen LogP contribution in [0.25, 0.3) is 0 Å². The summed E-state index contributed by atoms with van der Waals surface area (Å²) < 4.78 is 0. The van der Waals surface area contributed by atoms with E-state index in [-0.39, 0.29) is 11.1 Å². The molecule has 0 bridgehead atoms. The van der Waals surface area contributed by atoms with E-state index in [1.807, 2.05) is 6.92 Å². The minimum absolute atomic E-state index is 0.0918. The minimum atomic E-state index is -1.06. The quantitative estimate of drug-likeness (QED) is 0.823. The van der Waals surface area contributed by atoms with Crippen LogP contribution in [0.15, 0.2) is 33.2 Å². The Hall–Kier alpha value is -2.15. The van der Waals surface area contributed by atoms with E-state index in [1.165, 1.54) is 12.3 Å². The first-order valence-electron chi connectivity index (χ1n) is 6.47. The number of hydrogen-bond acceptors (Lipinski definition) is 5. The van der Waals surface area contributed by atoms with Crippen LogP contribution in [0.4, 0.5) is 0 Å². The van der Waals surface area contributed by atoms with Crippen molar-refractivity contribution in [3.05, 3.63) is 45.6 Å². The second-order valence-electron chi connectivity index (χ2n) is 4.52. The van der Waals surface area contributed by atoms with Crippen LogP contribution in [0.1, 0.15) is 35.1 Å². The molecule has 0 atom stereocenters. The summed E-state index contributed by atoms with van der Waals surface area (Å²) in [6, 6.07) is 3.13. The maximum Gasteiger partial charge on any atom is 0.338 e. The van der Waals surface area contributed by atoms with Crippen LogP contribution < -0.4 is 5.56 Å². The monoisotopic (exact) mass is 305 g/mol. The van der Waals surface area contributed by atoms with Crippen LogP contribution in [0, 0.1) is 6.92 Å². The number of pyridine rings is 1.